The van der Waals surface area contributed by atoms with Crippen LogP contribution in [0.15, 0.2) is 24.4 Å². The van der Waals surface area contributed by atoms with Crippen molar-refractivity contribution in [2.75, 3.05) is 13.2 Å². The van der Waals surface area contributed by atoms with E-state index in [1.54, 1.807) is 6.20 Å². The van der Waals surface area contributed by atoms with E-state index in [0.29, 0.717) is 6.61 Å². The Kier molecular flexibility index (Phi) is 5.92. The lowest BCUT2D eigenvalue weighted by Gasteiger charge is -2.15. The zero-order valence-corrected chi connectivity index (χ0v) is 9.15. The molecule has 1 rings (SSSR count). The van der Waals surface area contributed by atoms with Crippen molar-refractivity contribution in [1.29, 1.82) is 0 Å². The normalized spacial score (nSPS) is 12.7. The van der Waals surface area contributed by atoms with E-state index >= 15 is 0 Å². The van der Waals surface area contributed by atoms with Gasteiger partial charge in [0, 0.05) is 31.0 Å². The summed E-state index contributed by atoms with van der Waals surface area (Å²) < 4.78 is 5.44. The predicted octanol–water partition coefficient (Wildman–Crippen LogP) is 0.883. The number of pyridine rings is 1. The highest BCUT2D eigenvalue weighted by Crippen LogP contribution is 1.99. The summed E-state index contributed by atoms with van der Waals surface area (Å²) in [6.45, 7) is 3.49. The van der Waals surface area contributed by atoms with Crippen molar-refractivity contribution in [2.24, 2.45) is 5.84 Å². The molecule has 4 nitrogen and oxygen atoms in total. The van der Waals surface area contributed by atoms with Crippen LogP contribution in [0.3, 0.4) is 0 Å². The van der Waals surface area contributed by atoms with Crippen molar-refractivity contribution < 1.29 is 4.74 Å². The van der Waals surface area contributed by atoms with Gasteiger partial charge in [-0.15, -0.1) is 0 Å². The molecule has 1 heterocycles. The molecule has 0 saturated carbocycles. The number of aromatic nitrogens is 1. The van der Waals surface area contributed by atoms with Gasteiger partial charge in [0.25, 0.3) is 0 Å². The fraction of sp³-hybridized carbons (Fsp3) is 0.545. The summed E-state index contributed by atoms with van der Waals surface area (Å²) in [7, 11) is 0. The SMILES string of the molecule is CCCOCC(Cc1ccccn1)NN. The monoisotopic (exact) mass is 209 g/mol. The smallest absolute Gasteiger partial charge is 0.0636 e. The summed E-state index contributed by atoms with van der Waals surface area (Å²) in [5.74, 6) is 5.45. The molecule has 0 aliphatic carbocycles. The second kappa shape index (κ2) is 7.34. The summed E-state index contributed by atoms with van der Waals surface area (Å²) in [6.07, 6.45) is 3.61. The van der Waals surface area contributed by atoms with Gasteiger partial charge < -0.3 is 4.74 Å². The van der Waals surface area contributed by atoms with Crippen molar-refractivity contribution in [3.8, 4) is 0 Å². The van der Waals surface area contributed by atoms with Crippen LogP contribution in [-0.4, -0.2) is 24.2 Å². The second-order valence-electron chi connectivity index (χ2n) is 3.46. The van der Waals surface area contributed by atoms with Crippen LogP contribution >= 0.6 is 0 Å². The first-order valence-corrected chi connectivity index (χ1v) is 5.30. The highest BCUT2D eigenvalue weighted by atomic mass is 16.5. The van der Waals surface area contributed by atoms with E-state index in [1.807, 2.05) is 18.2 Å². The minimum Gasteiger partial charge on any atom is -0.380 e. The van der Waals surface area contributed by atoms with Crippen LogP contribution in [0.2, 0.25) is 0 Å². The average Bonchev–Trinajstić information content (AvgIpc) is 2.29. The van der Waals surface area contributed by atoms with Crippen LogP contribution in [0.1, 0.15) is 19.0 Å². The molecule has 1 aromatic rings. The Bertz CT molecular complexity index is 253. The molecule has 0 aromatic carbocycles. The number of hydrogen-bond acceptors (Lipinski definition) is 4. The summed E-state index contributed by atoms with van der Waals surface area (Å²) in [4.78, 5) is 4.24. The van der Waals surface area contributed by atoms with Crippen molar-refractivity contribution in [2.45, 2.75) is 25.8 Å². The maximum absolute atomic E-state index is 5.45. The number of ether oxygens (including phenoxy) is 1. The first-order valence-electron chi connectivity index (χ1n) is 5.30. The molecule has 15 heavy (non-hydrogen) atoms. The molecule has 0 aliphatic heterocycles. The Labute approximate surface area is 90.8 Å². The third-order valence-electron chi connectivity index (χ3n) is 2.08. The van der Waals surface area contributed by atoms with E-state index in [9.17, 15) is 0 Å². The van der Waals surface area contributed by atoms with Crippen LogP contribution in [0.5, 0.6) is 0 Å². The molecule has 0 radical (unpaired) electrons. The fourth-order valence-corrected chi connectivity index (χ4v) is 1.31. The first-order chi connectivity index (χ1) is 7.36. The van der Waals surface area contributed by atoms with Crippen molar-refractivity contribution >= 4 is 0 Å². The Morgan fingerprint density at radius 3 is 3.00 bits per heavy atom. The van der Waals surface area contributed by atoms with Crippen LogP contribution in [0.4, 0.5) is 0 Å². The Hall–Kier alpha value is -0.970. The van der Waals surface area contributed by atoms with Crippen LogP contribution < -0.4 is 11.3 Å². The van der Waals surface area contributed by atoms with Gasteiger partial charge in [0.1, 0.15) is 0 Å². The molecule has 3 N–H and O–H groups in total. The molecule has 0 amide bonds. The Balaban J connectivity index is 2.33. The molecule has 0 saturated heterocycles. The third kappa shape index (κ3) is 4.88. The number of hydrazine groups is 1. The zero-order chi connectivity index (χ0) is 10.9. The van der Waals surface area contributed by atoms with Crippen molar-refractivity contribution in [1.82, 2.24) is 10.4 Å². The van der Waals surface area contributed by atoms with Gasteiger partial charge in [-0.25, -0.2) is 0 Å². The molecule has 0 spiro atoms. The summed E-state index contributed by atoms with van der Waals surface area (Å²) >= 11 is 0. The van der Waals surface area contributed by atoms with Gasteiger partial charge in [0.2, 0.25) is 0 Å². The van der Waals surface area contributed by atoms with Crippen LogP contribution in [0, 0.1) is 0 Å². The molecular weight excluding hydrogens is 190 g/mol. The van der Waals surface area contributed by atoms with Gasteiger partial charge in [-0.05, 0) is 18.6 Å². The standard InChI is InChI=1S/C11H19N3O/c1-2-7-15-9-11(14-12)8-10-5-3-4-6-13-10/h3-6,11,14H,2,7-9,12H2,1H3. The quantitative estimate of drug-likeness (QED) is 0.397. The topological polar surface area (TPSA) is 60.2 Å². The molecular formula is C11H19N3O. The minimum atomic E-state index is 0.131. The highest BCUT2D eigenvalue weighted by molar-refractivity contribution is 5.05. The van der Waals surface area contributed by atoms with Gasteiger partial charge in [0.15, 0.2) is 0 Å². The number of nitrogens with two attached hydrogens (primary N) is 1. The van der Waals surface area contributed by atoms with E-state index in [1.165, 1.54) is 0 Å². The van der Waals surface area contributed by atoms with Gasteiger partial charge >= 0.3 is 0 Å². The lowest BCUT2D eigenvalue weighted by atomic mass is 10.1. The summed E-state index contributed by atoms with van der Waals surface area (Å²) in [5.41, 5.74) is 3.77. The maximum Gasteiger partial charge on any atom is 0.0636 e. The number of hydrogen-bond donors (Lipinski definition) is 2. The van der Waals surface area contributed by atoms with E-state index in [0.717, 1.165) is 25.1 Å². The van der Waals surface area contributed by atoms with Crippen molar-refractivity contribution in [3.63, 3.8) is 0 Å². The molecule has 84 valence electrons. The number of rotatable bonds is 7. The van der Waals surface area contributed by atoms with E-state index in [-0.39, 0.29) is 6.04 Å². The molecule has 1 atom stereocenters. The van der Waals surface area contributed by atoms with Gasteiger partial charge in [-0.3, -0.25) is 16.3 Å². The van der Waals surface area contributed by atoms with E-state index in [2.05, 4.69) is 17.3 Å². The van der Waals surface area contributed by atoms with Gasteiger partial charge in [-0.1, -0.05) is 13.0 Å². The second-order valence-corrected chi connectivity index (χ2v) is 3.46. The van der Waals surface area contributed by atoms with Crippen LogP contribution in [0.25, 0.3) is 0 Å². The van der Waals surface area contributed by atoms with Crippen LogP contribution in [-0.2, 0) is 11.2 Å². The third-order valence-corrected chi connectivity index (χ3v) is 2.08. The van der Waals surface area contributed by atoms with Gasteiger partial charge in [-0.2, -0.15) is 0 Å². The predicted molar refractivity (Wildman–Crippen MR) is 60.2 cm³/mol. The molecule has 0 bridgehead atoms. The molecule has 1 unspecified atom stereocenters. The van der Waals surface area contributed by atoms with E-state index in [4.69, 9.17) is 10.6 Å². The molecule has 1 aromatic heterocycles. The number of nitrogens with zero attached hydrogens (tertiary/aromatic N) is 1. The van der Waals surface area contributed by atoms with Crippen molar-refractivity contribution in [3.05, 3.63) is 30.1 Å². The Morgan fingerprint density at radius 2 is 2.40 bits per heavy atom. The summed E-state index contributed by atoms with van der Waals surface area (Å²) in [5, 5.41) is 0. The average molecular weight is 209 g/mol. The number of nitrogens with one attached hydrogen (secondary N) is 1. The highest BCUT2D eigenvalue weighted by Gasteiger charge is 2.07. The zero-order valence-electron chi connectivity index (χ0n) is 9.15. The largest absolute Gasteiger partial charge is 0.380 e. The fourth-order valence-electron chi connectivity index (χ4n) is 1.31. The molecule has 0 fully saturated rings. The lowest BCUT2D eigenvalue weighted by molar-refractivity contribution is 0.111. The maximum atomic E-state index is 5.45. The lowest BCUT2D eigenvalue weighted by Crippen LogP contribution is -2.40. The van der Waals surface area contributed by atoms with E-state index < -0.39 is 0 Å². The first kappa shape index (κ1) is 12.1. The molecule has 4 heteroatoms. The Morgan fingerprint density at radius 1 is 1.53 bits per heavy atom. The minimum absolute atomic E-state index is 0.131. The summed E-state index contributed by atoms with van der Waals surface area (Å²) in [6, 6.07) is 6.00. The molecule has 0 aliphatic rings. The van der Waals surface area contributed by atoms with Gasteiger partial charge in [0.05, 0.1) is 6.61 Å².